The van der Waals surface area contributed by atoms with Gasteiger partial charge in [0.1, 0.15) is 0 Å². The van der Waals surface area contributed by atoms with Crippen molar-refractivity contribution in [1.29, 1.82) is 0 Å². The second-order valence-corrected chi connectivity index (χ2v) is 4.31. The van der Waals surface area contributed by atoms with Gasteiger partial charge in [0.2, 0.25) is 5.82 Å². The van der Waals surface area contributed by atoms with Crippen LogP contribution in [0.3, 0.4) is 0 Å². The van der Waals surface area contributed by atoms with Crippen LogP contribution in [0.25, 0.3) is 11.0 Å². The zero-order valence-corrected chi connectivity index (χ0v) is 10.1. The summed E-state index contributed by atoms with van der Waals surface area (Å²) in [5, 5.41) is 0. The summed E-state index contributed by atoms with van der Waals surface area (Å²) in [5.41, 5.74) is 6.07. The number of aromatic nitrogens is 2. The summed E-state index contributed by atoms with van der Waals surface area (Å²) >= 11 is 4.69. The molecule has 0 amide bonds. The molecule has 1 heterocycles. The van der Waals surface area contributed by atoms with Crippen LogP contribution in [0, 0.1) is 0 Å². The van der Waals surface area contributed by atoms with Crippen LogP contribution in [0.1, 0.15) is 12.2 Å². The van der Waals surface area contributed by atoms with Crippen molar-refractivity contribution in [2.24, 2.45) is 5.73 Å². The molecular formula is C11H10F3N3S. The van der Waals surface area contributed by atoms with Crippen molar-refractivity contribution < 1.29 is 13.2 Å². The van der Waals surface area contributed by atoms with Crippen molar-refractivity contribution >= 4 is 28.2 Å². The molecule has 2 aromatic rings. The normalized spacial score (nSPS) is 11.9. The Hall–Kier alpha value is -1.63. The van der Waals surface area contributed by atoms with Crippen LogP contribution in [0.5, 0.6) is 0 Å². The number of aryl methyl sites for hydroxylation is 1. The monoisotopic (exact) mass is 273 g/mol. The molecule has 1 aromatic heterocycles. The molecule has 7 heteroatoms. The average Bonchev–Trinajstić information content (AvgIpc) is 2.64. The fraction of sp³-hybridized carbons (Fsp3) is 0.273. The Labute approximate surface area is 106 Å². The summed E-state index contributed by atoms with van der Waals surface area (Å²) in [6, 6.07) is 6.45. The molecule has 0 aliphatic heterocycles. The smallest absolute Gasteiger partial charge is 0.393 e. The highest BCUT2D eigenvalue weighted by Gasteiger charge is 2.37. The van der Waals surface area contributed by atoms with Gasteiger partial charge in [0.25, 0.3) is 0 Å². The number of halogens is 3. The third-order valence-corrected chi connectivity index (χ3v) is 2.69. The molecule has 0 aliphatic carbocycles. The number of hydrogen-bond donors (Lipinski definition) is 1. The highest BCUT2D eigenvalue weighted by molar-refractivity contribution is 7.80. The molecule has 96 valence electrons. The molecular weight excluding hydrogens is 263 g/mol. The summed E-state index contributed by atoms with van der Waals surface area (Å²) in [5.74, 6) is -0.917. The van der Waals surface area contributed by atoms with Gasteiger partial charge in [0, 0.05) is 13.0 Å². The molecule has 0 saturated carbocycles. The highest BCUT2D eigenvalue weighted by atomic mass is 32.1. The van der Waals surface area contributed by atoms with E-state index in [1.165, 1.54) is 0 Å². The average molecular weight is 273 g/mol. The minimum Gasteiger partial charge on any atom is -0.393 e. The maximum absolute atomic E-state index is 12.9. The number of alkyl halides is 3. The first-order valence-electron chi connectivity index (χ1n) is 5.20. The van der Waals surface area contributed by atoms with Gasteiger partial charge >= 0.3 is 6.18 Å². The Morgan fingerprint density at radius 3 is 2.61 bits per heavy atom. The van der Waals surface area contributed by atoms with E-state index in [1.807, 2.05) is 0 Å². The molecule has 0 bridgehead atoms. The minimum atomic E-state index is -4.49. The van der Waals surface area contributed by atoms with E-state index in [1.54, 1.807) is 24.3 Å². The molecule has 0 fully saturated rings. The Kier molecular flexibility index (Phi) is 3.25. The predicted molar refractivity (Wildman–Crippen MR) is 66.1 cm³/mol. The van der Waals surface area contributed by atoms with Gasteiger partial charge in [-0.25, -0.2) is 4.98 Å². The summed E-state index contributed by atoms with van der Waals surface area (Å²) < 4.78 is 39.7. The van der Waals surface area contributed by atoms with Gasteiger partial charge in [-0.2, -0.15) is 13.2 Å². The Balaban J connectivity index is 2.54. The number of nitrogens with zero attached hydrogens (tertiary/aromatic N) is 2. The third kappa shape index (κ3) is 2.45. The molecule has 2 rings (SSSR count). The molecule has 0 aliphatic rings. The van der Waals surface area contributed by atoms with Crippen LogP contribution in [-0.2, 0) is 12.7 Å². The topological polar surface area (TPSA) is 43.8 Å². The zero-order chi connectivity index (χ0) is 13.3. The van der Waals surface area contributed by atoms with Gasteiger partial charge in [-0.3, -0.25) is 0 Å². The number of para-hydroxylation sites is 2. The van der Waals surface area contributed by atoms with Gasteiger partial charge in [-0.15, -0.1) is 0 Å². The van der Waals surface area contributed by atoms with Crippen molar-refractivity contribution in [2.45, 2.75) is 19.1 Å². The summed E-state index contributed by atoms with van der Waals surface area (Å²) in [4.78, 5) is 3.80. The quantitative estimate of drug-likeness (QED) is 0.874. The van der Waals surface area contributed by atoms with Gasteiger partial charge in [0.05, 0.1) is 16.0 Å². The van der Waals surface area contributed by atoms with Crippen molar-refractivity contribution in [2.75, 3.05) is 0 Å². The second kappa shape index (κ2) is 4.56. The van der Waals surface area contributed by atoms with Gasteiger partial charge in [0.15, 0.2) is 0 Å². The Morgan fingerprint density at radius 2 is 2.00 bits per heavy atom. The number of imidazole rings is 1. The van der Waals surface area contributed by atoms with Crippen LogP contribution in [0.15, 0.2) is 24.3 Å². The number of thiocarbonyl (C=S) groups is 1. The van der Waals surface area contributed by atoms with Crippen molar-refractivity contribution in [3.05, 3.63) is 30.1 Å². The molecule has 0 saturated heterocycles. The van der Waals surface area contributed by atoms with Crippen molar-refractivity contribution in [3.63, 3.8) is 0 Å². The maximum atomic E-state index is 12.9. The van der Waals surface area contributed by atoms with Crippen LogP contribution in [0.2, 0.25) is 0 Å². The number of fused-ring (bicyclic) bond motifs is 1. The molecule has 1 aromatic carbocycles. The molecule has 0 radical (unpaired) electrons. The first-order chi connectivity index (χ1) is 8.39. The summed E-state index contributed by atoms with van der Waals surface area (Å²) in [7, 11) is 0. The molecule has 18 heavy (non-hydrogen) atoms. The van der Waals surface area contributed by atoms with E-state index in [-0.39, 0.29) is 18.0 Å². The van der Waals surface area contributed by atoms with E-state index in [4.69, 9.17) is 18.0 Å². The SMILES string of the molecule is NC(=S)CCn1c(C(F)(F)F)nc2ccccc21. The van der Waals surface area contributed by atoms with Crippen LogP contribution in [-0.4, -0.2) is 14.5 Å². The molecule has 0 unspecified atom stereocenters. The maximum Gasteiger partial charge on any atom is 0.449 e. The lowest BCUT2D eigenvalue weighted by atomic mass is 10.3. The van der Waals surface area contributed by atoms with Gasteiger partial charge in [-0.1, -0.05) is 24.4 Å². The molecule has 0 spiro atoms. The Bertz CT molecular complexity index is 589. The third-order valence-electron chi connectivity index (χ3n) is 2.49. The van der Waals surface area contributed by atoms with Crippen molar-refractivity contribution in [3.8, 4) is 0 Å². The van der Waals surface area contributed by atoms with Crippen LogP contribution < -0.4 is 5.73 Å². The van der Waals surface area contributed by atoms with Crippen molar-refractivity contribution in [1.82, 2.24) is 9.55 Å². The van der Waals surface area contributed by atoms with E-state index >= 15 is 0 Å². The lowest BCUT2D eigenvalue weighted by Crippen LogP contribution is -2.18. The number of rotatable bonds is 3. The van der Waals surface area contributed by atoms with Gasteiger partial charge < -0.3 is 10.3 Å². The number of benzene rings is 1. The molecule has 3 nitrogen and oxygen atoms in total. The van der Waals surface area contributed by atoms with E-state index in [0.717, 1.165) is 4.57 Å². The van der Waals surface area contributed by atoms with E-state index < -0.39 is 12.0 Å². The van der Waals surface area contributed by atoms with Crippen LogP contribution >= 0.6 is 12.2 Å². The lowest BCUT2D eigenvalue weighted by molar-refractivity contribution is -0.146. The summed E-state index contributed by atoms with van der Waals surface area (Å²) in [6.07, 6.45) is -4.28. The molecule has 2 N–H and O–H groups in total. The fourth-order valence-electron chi connectivity index (χ4n) is 1.74. The fourth-order valence-corrected chi connectivity index (χ4v) is 1.83. The van der Waals surface area contributed by atoms with E-state index in [9.17, 15) is 13.2 Å². The van der Waals surface area contributed by atoms with E-state index in [0.29, 0.717) is 11.0 Å². The second-order valence-electron chi connectivity index (χ2n) is 3.79. The largest absolute Gasteiger partial charge is 0.449 e. The standard InChI is InChI=1S/C11H10F3N3S/c12-11(13,14)10-16-7-3-1-2-4-8(7)17(10)6-5-9(15)18/h1-4H,5-6H2,(H2,15,18). The lowest BCUT2D eigenvalue weighted by Gasteiger charge is -2.10. The van der Waals surface area contributed by atoms with Crippen LogP contribution in [0.4, 0.5) is 13.2 Å². The first-order valence-corrected chi connectivity index (χ1v) is 5.61. The minimum absolute atomic E-state index is 0.0741. The first kappa shape index (κ1) is 12.8. The highest BCUT2D eigenvalue weighted by Crippen LogP contribution is 2.31. The summed E-state index contributed by atoms with van der Waals surface area (Å²) in [6.45, 7) is 0.0741. The number of nitrogens with two attached hydrogens (primary N) is 1. The van der Waals surface area contributed by atoms with E-state index in [2.05, 4.69) is 4.98 Å². The Morgan fingerprint density at radius 1 is 1.33 bits per heavy atom. The zero-order valence-electron chi connectivity index (χ0n) is 9.24. The van der Waals surface area contributed by atoms with Gasteiger partial charge in [-0.05, 0) is 12.1 Å². The number of hydrogen-bond acceptors (Lipinski definition) is 2. The predicted octanol–water partition coefficient (Wildman–Crippen LogP) is 2.73. The molecule has 0 atom stereocenters.